The molecule has 2 aliphatic heterocycles. The minimum atomic E-state index is 0. The highest BCUT2D eigenvalue weighted by atomic mass is 35.5. The number of carbonyl (C=O) groups is 1. The van der Waals surface area contributed by atoms with Crippen LogP contribution in [-0.4, -0.2) is 48.4 Å². The van der Waals surface area contributed by atoms with Crippen LogP contribution in [0.5, 0.6) is 0 Å². The Bertz CT molecular complexity index is 799. The Balaban J connectivity index is 0.00000210. The van der Waals surface area contributed by atoms with Gasteiger partial charge in [-0.2, -0.15) is 0 Å². The number of nitrogens with zero attached hydrogens (tertiary/aromatic N) is 2. The van der Waals surface area contributed by atoms with E-state index < -0.39 is 0 Å². The third kappa shape index (κ3) is 4.64. The molecule has 2 heterocycles. The highest BCUT2D eigenvalue weighted by Gasteiger charge is 2.28. The third-order valence-corrected chi connectivity index (χ3v) is 5.64. The second-order valence-electron chi connectivity index (χ2n) is 7.08. The van der Waals surface area contributed by atoms with Crippen LogP contribution in [0.1, 0.15) is 22.7 Å². The van der Waals surface area contributed by atoms with Crippen LogP contribution in [-0.2, 0) is 17.8 Å². The van der Waals surface area contributed by atoms with Gasteiger partial charge in [0.15, 0.2) is 0 Å². The van der Waals surface area contributed by atoms with Crippen LogP contribution in [0.3, 0.4) is 0 Å². The fraction of sp³-hybridized carbons (Fsp3) is 0.381. The summed E-state index contributed by atoms with van der Waals surface area (Å²) in [6.07, 6.45) is 0.946. The van der Waals surface area contributed by atoms with Crippen LogP contribution in [0.4, 0.5) is 0 Å². The van der Waals surface area contributed by atoms with Gasteiger partial charge < -0.3 is 10.2 Å². The number of halogens is 2. The monoisotopic (exact) mass is 405 g/mol. The van der Waals surface area contributed by atoms with Crippen molar-refractivity contribution in [1.82, 2.24) is 15.1 Å². The van der Waals surface area contributed by atoms with Crippen LogP contribution in [0.2, 0.25) is 5.02 Å². The molecule has 2 aromatic rings. The van der Waals surface area contributed by atoms with E-state index in [4.69, 9.17) is 11.6 Å². The van der Waals surface area contributed by atoms with Gasteiger partial charge in [-0.1, -0.05) is 48.0 Å². The summed E-state index contributed by atoms with van der Waals surface area (Å²) in [6, 6.07) is 16.6. The second-order valence-corrected chi connectivity index (χ2v) is 7.52. The smallest absolute Gasteiger partial charge is 0.237 e. The van der Waals surface area contributed by atoms with Gasteiger partial charge in [0.25, 0.3) is 0 Å². The van der Waals surface area contributed by atoms with Crippen molar-refractivity contribution in [3.05, 3.63) is 70.2 Å². The molecule has 4 rings (SSSR count). The molecule has 0 aromatic heterocycles. The fourth-order valence-electron chi connectivity index (χ4n) is 3.96. The SMILES string of the molecule is Cl.O=C(CN1CCNCC1c1cccc(Cl)c1)N1CCc2ccccc2C1. The highest BCUT2D eigenvalue weighted by molar-refractivity contribution is 6.30. The van der Waals surface area contributed by atoms with Gasteiger partial charge in [-0.15, -0.1) is 12.4 Å². The molecule has 1 saturated heterocycles. The quantitative estimate of drug-likeness (QED) is 0.850. The molecule has 2 aliphatic rings. The standard InChI is InChI=1S/C21H24ClN3O.ClH/c22-19-7-3-6-17(12-19)20-13-23-9-11-24(20)15-21(26)25-10-8-16-4-1-2-5-18(16)14-25;/h1-7,12,20,23H,8-11,13-15H2;1H. The van der Waals surface area contributed by atoms with E-state index in [2.05, 4.69) is 40.5 Å². The van der Waals surface area contributed by atoms with Crippen molar-refractivity contribution < 1.29 is 4.79 Å². The van der Waals surface area contributed by atoms with Gasteiger partial charge in [0.05, 0.1) is 6.54 Å². The molecule has 4 nitrogen and oxygen atoms in total. The zero-order chi connectivity index (χ0) is 17.9. The summed E-state index contributed by atoms with van der Waals surface area (Å²) in [4.78, 5) is 17.2. The van der Waals surface area contributed by atoms with Gasteiger partial charge in [-0.3, -0.25) is 9.69 Å². The van der Waals surface area contributed by atoms with E-state index in [-0.39, 0.29) is 24.4 Å². The Morgan fingerprint density at radius 1 is 1.11 bits per heavy atom. The van der Waals surface area contributed by atoms with Crippen molar-refractivity contribution in [2.75, 3.05) is 32.7 Å². The van der Waals surface area contributed by atoms with Crippen molar-refractivity contribution in [1.29, 1.82) is 0 Å². The number of hydrogen-bond acceptors (Lipinski definition) is 3. The zero-order valence-corrected chi connectivity index (χ0v) is 16.8. The summed E-state index contributed by atoms with van der Waals surface area (Å²) in [6.45, 7) is 4.62. The number of amides is 1. The normalized spacial score (nSPS) is 19.9. The van der Waals surface area contributed by atoms with Gasteiger partial charge >= 0.3 is 0 Å². The van der Waals surface area contributed by atoms with Crippen molar-refractivity contribution >= 4 is 29.9 Å². The summed E-state index contributed by atoms with van der Waals surface area (Å²) < 4.78 is 0. The lowest BCUT2D eigenvalue weighted by Crippen LogP contribution is -2.50. The summed E-state index contributed by atoms with van der Waals surface area (Å²) in [5.74, 6) is 0.216. The first kappa shape index (κ1) is 20.2. The predicted octanol–water partition coefficient (Wildman–Crippen LogP) is 3.29. The Hall–Kier alpha value is -1.59. The van der Waals surface area contributed by atoms with Crippen LogP contribution >= 0.6 is 24.0 Å². The lowest BCUT2D eigenvalue weighted by atomic mass is 9.99. The Labute approximate surface area is 171 Å². The maximum Gasteiger partial charge on any atom is 0.237 e. The number of nitrogens with one attached hydrogen (secondary N) is 1. The number of carbonyl (C=O) groups excluding carboxylic acids is 1. The van der Waals surface area contributed by atoms with Crippen LogP contribution in [0, 0.1) is 0 Å². The molecular weight excluding hydrogens is 381 g/mol. The van der Waals surface area contributed by atoms with Crippen LogP contribution in [0.15, 0.2) is 48.5 Å². The van der Waals surface area contributed by atoms with Gasteiger partial charge in [-0.05, 0) is 35.2 Å². The number of rotatable bonds is 3. The molecule has 1 atom stereocenters. The molecule has 0 aliphatic carbocycles. The predicted molar refractivity (Wildman–Crippen MR) is 111 cm³/mol. The van der Waals surface area contributed by atoms with Crippen molar-refractivity contribution in [3.63, 3.8) is 0 Å². The maximum absolute atomic E-state index is 13.0. The Morgan fingerprint density at radius 3 is 2.74 bits per heavy atom. The minimum Gasteiger partial charge on any atom is -0.337 e. The molecule has 0 saturated carbocycles. The molecule has 0 radical (unpaired) electrons. The van der Waals surface area contributed by atoms with Crippen molar-refractivity contribution in [2.45, 2.75) is 19.0 Å². The van der Waals surface area contributed by atoms with Gasteiger partial charge in [0.1, 0.15) is 0 Å². The van der Waals surface area contributed by atoms with Gasteiger partial charge in [0, 0.05) is 43.8 Å². The van der Waals surface area contributed by atoms with Crippen molar-refractivity contribution in [2.24, 2.45) is 0 Å². The van der Waals surface area contributed by atoms with E-state index in [1.807, 2.05) is 23.1 Å². The topological polar surface area (TPSA) is 35.6 Å². The minimum absolute atomic E-state index is 0. The lowest BCUT2D eigenvalue weighted by molar-refractivity contribution is -0.134. The van der Waals surface area contributed by atoms with Crippen LogP contribution in [0.25, 0.3) is 0 Å². The molecule has 27 heavy (non-hydrogen) atoms. The molecule has 144 valence electrons. The molecule has 2 aromatic carbocycles. The largest absolute Gasteiger partial charge is 0.337 e. The average Bonchev–Trinajstić information content (AvgIpc) is 2.68. The number of benzene rings is 2. The summed E-state index contributed by atoms with van der Waals surface area (Å²) in [5, 5.41) is 4.18. The lowest BCUT2D eigenvalue weighted by Gasteiger charge is -2.38. The fourth-order valence-corrected chi connectivity index (χ4v) is 4.16. The first-order valence-electron chi connectivity index (χ1n) is 9.25. The summed E-state index contributed by atoms with van der Waals surface area (Å²) >= 11 is 6.17. The van der Waals surface area contributed by atoms with Crippen LogP contribution < -0.4 is 5.32 Å². The second kappa shape index (κ2) is 9.07. The molecule has 0 spiro atoms. The maximum atomic E-state index is 13.0. The summed E-state index contributed by atoms with van der Waals surface area (Å²) in [5.41, 5.74) is 3.82. The molecule has 1 unspecified atom stereocenters. The van der Waals surface area contributed by atoms with Gasteiger partial charge in [-0.25, -0.2) is 0 Å². The van der Waals surface area contributed by atoms with Gasteiger partial charge in [0.2, 0.25) is 5.91 Å². The van der Waals surface area contributed by atoms with E-state index in [0.717, 1.165) is 44.2 Å². The Kier molecular flexibility index (Phi) is 6.77. The average molecular weight is 406 g/mol. The van der Waals surface area contributed by atoms with E-state index in [9.17, 15) is 4.79 Å². The third-order valence-electron chi connectivity index (χ3n) is 5.41. The van der Waals surface area contributed by atoms with Crippen molar-refractivity contribution in [3.8, 4) is 0 Å². The Morgan fingerprint density at radius 2 is 1.93 bits per heavy atom. The van der Waals surface area contributed by atoms with E-state index >= 15 is 0 Å². The molecule has 6 heteroatoms. The van der Waals surface area contributed by atoms with E-state index in [0.29, 0.717) is 6.54 Å². The molecule has 0 bridgehead atoms. The highest BCUT2D eigenvalue weighted by Crippen LogP contribution is 2.25. The summed E-state index contributed by atoms with van der Waals surface area (Å²) in [7, 11) is 0. The first-order valence-corrected chi connectivity index (χ1v) is 9.63. The zero-order valence-electron chi connectivity index (χ0n) is 15.2. The molecular formula is C21H25Cl2N3O. The first-order chi connectivity index (χ1) is 12.7. The number of piperazine rings is 1. The molecule has 1 amide bonds. The molecule has 1 N–H and O–H groups in total. The number of fused-ring (bicyclic) bond motifs is 1. The molecule has 1 fully saturated rings. The van der Waals surface area contributed by atoms with E-state index in [1.54, 1.807) is 0 Å². The van der Waals surface area contributed by atoms with E-state index in [1.165, 1.54) is 16.7 Å². The number of hydrogen-bond donors (Lipinski definition) is 1.